The number of piperidine rings is 1. The number of nitrogens with one attached hydrogen (secondary N) is 1. The van der Waals surface area contributed by atoms with E-state index in [0.29, 0.717) is 5.92 Å². The molecule has 4 nitrogen and oxygen atoms in total. The Morgan fingerprint density at radius 2 is 1.75 bits per heavy atom. The number of halogens is 1. The van der Waals surface area contributed by atoms with E-state index >= 15 is 0 Å². The van der Waals surface area contributed by atoms with Crippen LogP contribution < -0.4 is 0 Å². The molecule has 3 heterocycles. The number of aromatic nitrogens is 2. The molecule has 0 bridgehead atoms. The smallest absolute Gasteiger partial charge is 0.138 e. The summed E-state index contributed by atoms with van der Waals surface area (Å²) in [6.45, 7) is 16.0. The van der Waals surface area contributed by atoms with Crippen molar-refractivity contribution in [2.45, 2.75) is 65.1 Å². The molecule has 1 fully saturated rings. The molecule has 0 aliphatic carbocycles. The van der Waals surface area contributed by atoms with E-state index in [1.54, 1.807) is 13.8 Å². The van der Waals surface area contributed by atoms with E-state index < -0.39 is 5.67 Å². The Balaban J connectivity index is 1.31. The molecule has 5 rings (SSSR count). The van der Waals surface area contributed by atoms with Crippen LogP contribution in [0.15, 0.2) is 43.0 Å². The number of hydrogen-bond donors (Lipinski definition) is 1. The first kappa shape index (κ1) is 24.8. The van der Waals surface area contributed by atoms with Crippen molar-refractivity contribution in [2.75, 3.05) is 26.7 Å². The lowest BCUT2D eigenvalue weighted by molar-refractivity contribution is 0.221. The van der Waals surface area contributed by atoms with Gasteiger partial charge in [-0.3, -0.25) is 0 Å². The van der Waals surface area contributed by atoms with Crippen LogP contribution in [0.5, 0.6) is 0 Å². The minimum atomic E-state index is -1.30. The maximum absolute atomic E-state index is 14.2. The van der Waals surface area contributed by atoms with Gasteiger partial charge in [0.15, 0.2) is 0 Å². The Bertz CT molecular complexity index is 1260. The van der Waals surface area contributed by atoms with E-state index in [1.165, 1.54) is 39.2 Å². The Morgan fingerprint density at radius 1 is 1.06 bits per heavy atom. The lowest BCUT2D eigenvalue weighted by Crippen LogP contribution is -2.31. The fraction of sp³-hybridized carbons (Fsp3) is 0.452. The van der Waals surface area contributed by atoms with E-state index in [0.717, 1.165) is 62.5 Å². The second kappa shape index (κ2) is 9.51. The molecule has 190 valence electrons. The van der Waals surface area contributed by atoms with Crippen molar-refractivity contribution in [3.05, 3.63) is 82.2 Å². The predicted molar refractivity (Wildman–Crippen MR) is 147 cm³/mol. The monoisotopic (exact) mass is 486 g/mol. The van der Waals surface area contributed by atoms with Gasteiger partial charge in [0.2, 0.25) is 0 Å². The van der Waals surface area contributed by atoms with Gasteiger partial charge in [0.1, 0.15) is 11.5 Å². The van der Waals surface area contributed by atoms with E-state index in [4.69, 9.17) is 4.98 Å². The van der Waals surface area contributed by atoms with Gasteiger partial charge >= 0.3 is 0 Å². The van der Waals surface area contributed by atoms with Gasteiger partial charge in [-0.1, -0.05) is 36.9 Å². The van der Waals surface area contributed by atoms with Gasteiger partial charge in [-0.05, 0) is 81.8 Å². The van der Waals surface area contributed by atoms with Crippen LogP contribution in [-0.4, -0.2) is 46.4 Å². The van der Waals surface area contributed by atoms with Crippen molar-refractivity contribution >= 4 is 5.70 Å². The standard InChI is InChI=1S/C31H39FN4/c1-20-17-21(2)27(30-33-28-13-14-35(6)19-29(28)34-30)18-26(20)22(3)36-15-11-24(12-16-36)23-7-9-25(10-8-23)31(4,5)32/h7-10,17-18,24H,3,11-16,19H2,1-2,4-6H3,(H,33,34). The third-order valence-corrected chi connectivity index (χ3v) is 8.11. The Hall–Kier alpha value is -2.92. The number of nitrogens with zero attached hydrogens (tertiary/aromatic N) is 3. The molecular formula is C31H39FN4. The molecule has 2 aliphatic heterocycles. The van der Waals surface area contributed by atoms with E-state index in [2.05, 4.69) is 66.5 Å². The minimum Gasteiger partial charge on any atom is -0.371 e. The number of hydrogen-bond acceptors (Lipinski definition) is 3. The average molecular weight is 487 g/mol. The van der Waals surface area contributed by atoms with Crippen LogP contribution in [0.4, 0.5) is 4.39 Å². The number of benzene rings is 2. The number of alkyl halides is 1. The summed E-state index contributed by atoms with van der Waals surface area (Å²) >= 11 is 0. The van der Waals surface area contributed by atoms with Crippen molar-refractivity contribution in [3.63, 3.8) is 0 Å². The molecule has 2 aliphatic rings. The number of fused-ring (bicyclic) bond motifs is 1. The number of aromatic amines is 1. The maximum atomic E-state index is 14.2. The number of H-pyrrole nitrogens is 1. The Morgan fingerprint density at radius 3 is 2.42 bits per heavy atom. The molecule has 1 N–H and O–H groups in total. The highest BCUT2D eigenvalue weighted by molar-refractivity contribution is 5.73. The molecule has 0 amide bonds. The lowest BCUT2D eigenvalue weighted by Gasteiger charge is -2.35. The van der Waals surface area contributed by atoms with Crippen molar-refractivity contribution in [1.82, 2.24) is 19.8 Å². The van der Waals surface area contributed by atoms with Crippen LogP contribution in [0, 0.1) is 13.8 Å². The Kier molecular flexibility index (Phi) is 6.54. The van der Waals surface area contributed by atoms with E-state index in [1.807, 2.05) is 12.1 Å². The summed E-state index contributed by atoms with van der Waals surface area (Å²) in [7, 11) is 2.16. The highest BCUT2D eigenvalue weighted by Gasteiger charge is 2.25. The van der Waals surface area contributed by atoms with Gasteiger partial charge in [-0.2, -0.15) is 0 Å². The van der Waals surface area contributed by atoms with Gasteiger partial charge in [0.05, 0.1) is 11.4 Å². The fourth-order valence-electron chi connectivity index (χ4n) is 5.78. The topological polar surface area (TPSA) is 35.2 Å². The summed E-state index contributed by atoms with van der Waals surface area (Å²) in [5.41, 5.74) is 9.16. The third kappa shape index (κ3) is 4.86. The van der Waals surface area contributed by atoms with Gasteiger partial charge < -0.3 is 14.8 Å². The molecule has 0 spiro atoms. The number of likely N-dealkylation sites (N-methyl/N-ethyl adjacent to an activating group) is 1. The number of aryl methyl sites for hydroxylation is 2. The molecule has 36 heavy (non-hydrogen) atoms. The number of rotatable bonds is 5. The van der Waals surface area contributed by atoms with Crippen LogP contribution in [0.2, 0.25) is 0 Å². The molecule has 5 heteroatoms. The molecular weight excluding hydrogens is 447 g/mol. The van der Waals surface area contributed by atoms with Crippen molar-refractivity contribution in [1.29, 1.82) is 0 Å². The second-order valence-corrected chi connectivity index (χ2v) is 11.3. The highest BCUT2D eigenvalue weighted by Crippen LogP contribution is 2.35. The molecule has 2 aromatic carbocycles. The van der Waals surface area contributed by atoms with Crippen LogP contribution >= 0.6 is 0 Å². The lowest BCUT2D eigenvalue weighted by atomic mass is 9.87. The normalized spacial score (nSPS) is 17.3. The summed E-state index contributed by atoms with van der Waals surface area (Å²) in [6, 6.07) is 12.7. The Labute approximate surface area is 215 Å². The summed E-state index contributed by atoms with van der Waals surface area (Å²) in [6.07, 6.45) is 3.15. The van der Waals surface area contributed by atoms with Gasteiger partial charge in [-0.25, -0.2) is 9.37 Å². The maximum Gasteiger partial charge on any atom is 0.138 e. The number of likely N-dealkylation sites (tertiary alicyclic amines) is 1. The SMILES string of the molecule is C=C(c1cc(-c2nc3c([nH]2)CN(C)CC3)c(C)cc1C)N1CCC(c2ccc(C(C)(C)F)cc2)CC1. The fourth-order valence-corrected chi connectivity index (χ4v) is 5.78. The van der Waals surface area contributed by atoms with Gasteiger partial charge in [-0.15, -0.1) is 0 Å². The number of imidazole rings is 1. The van der Waals surface area contributed by atoms with Gasteiger partial charge in [0.25, 0.3) is 0 Å². The van der Waals surface area contributed by atoms with E-state index in [9.17, 15) is 4.39 Å². The zero-order valence-electron chi connectivity index (χ0n) is 22.4. The quantitative estimate of drug-likeness (QED) is 0.434. The molecule has 3 aromatic rings. The van der Waals surface area contributed by atoms with Crippen molar-refractivity contribution in [3.8, 4) is 11.4 Å². The third-order valence-electron chi connectivity index (χ3n) is 8.11. The molecule has 0 unspecified atom stereocenters. The zero-order valence-corrected chi connectivity index (χ0v) is 22.4. The molecule has 0 atom stereocenters. The van der Waals surface area contributed by atoms with Crippen LogP contribution in [0.25, 0.3) is 17.1 Å². The van der Waals surface area contributed by atoms with E-state index in [-0.39, 0.29) is 0 Å². The van der Waals surface area contributed by atoms with Crippen LogP contribution in [-0.2, 0) is 18.6 Å². The average Bonchev–Trinajstić information content (AvgIpc) is 3.26. The predicted octanol–water partition coefficient (Wildman–Crippen LogP) is 6.74. The van der Waals surface area contributed by atoms with Crippen LogP contribution in [0.1, 0.15) is 71.8 Å². The summed E-state index contributed by atoms with van der Waals surface area (Å²) in [5, 5.41) is 0. The second-order valence-electron chi connectivity index (χ2n) is 11.3. The largest absolute Gasteiger partial charge is 0.371 e. The summed E-state index contributed by atoms with van der Waals surface area (Å²) in [4.78, 5) is 13.3. The minimum absolute atomic E-state index is 0.507. The van der Waals surface area contributed by atoms with Crippen molar-refractivity contribution in [2.24, 2.45) is 0 Å². The van der Waals surface area contributed by atoms with Crippen molar-refractivity contribution < 1.29 is 4.39 Å². The first-order valence-corrected chi connectivity index (χ1v) is 13.2. The zero-order chi connectivity index (χ0) is 25.6. The summed E-state index contributed by atoms with van der Waals surface area (Å²) < 4.78 is 14.2. The highest BCUT2D eigenvalue weighted by atomic mass is 19.1. The first-order chi connectivity index (χ1) is 17.1. The van der Waals surface area contributed by atoms with Crippen LogP contribution in [0.3, 0.4) is 0 Å². The molecule has 1 saturated heterocycles. The van der Waals surface area contributed by atoms with Gasteiger partial charge in [0, 0.05) is 49.4 Å². The molecule has 1 aromatic heterocycles. The molecule has 0 saturated carbocycles. The first-order valence-electron chi connectivity index (χ1n) is 13.2. The molecule has 0 radical (unpaired) electrons. The summed E-state index contributed by atoms with van der Waals surface area (Å²) in [5.74, 6) is 1.48.